The number of benzene rings is 1. The Morgan fingerprint density at radius 1 is 1.10 bits per heavy atom. The number of halogens is 3. The quantitative estimate of drug-likeness (QED) is 0.861. The van der Waals surface area contributed by atoms with Crippen LogP contribution in [-0.4, -0.2) is 23.4 Å². The average Bonchev–Trinajstić information content (AvgIpc) is 2.63. The van der Waals surface area contributed by atoms with Crippen LogP contribution in [0.3, 0.4) is 0 Å². The fraction of sp³-hybridized carbons (Fsp3) is 0.429. The van der Waals surface area contributed by atoms with Crippen LogP contribution in [-0.2, 0) is 11.0 Å². The molecule has 1 saturated heterocycles. The van der Waals surface area contributed by atoms with Crippen LogP contribution in [0.15, 0.2) is 24.3 Å². The number of carbonyl (C=O) groups is 2. The predicted octanol–water partition coefficient (Wildman–Crippen LogP) is 3.64. The van der Waals surface area contributed by atoms with E-state index in [1.165, 1.54) is 12.1 Å². The lowest BCUT2D eigenvalue weighted by atomic mass is 10.2. The van der Waals surface area contributed by atoms with Crippen LogP contribution >= 0.6 is 0 Å². The maximum atomic E-state index is 12.4. The molecule has 0 aromatic heterocycles. The molecule has 1 aromatic rings. The van der Waals surface area contributed by atoms with E-state index in [0.717, 1.165) is 36.3 Å². The van der Waals surface area contributed by atoms with Crippen LogP contribution in [0.4, 0.5) is 23.7 Å². The largest absolute Gasteiger partial charge is 0.416 e. The highest BCUT2D eigenvalue weighted by Gasteiger charge is 2.30. The topological polar surface area (TPSA) is 49.4 Å². The van der Waals surface area contributed by atoms with Gasteiger partial charge < -0.3 is 5.32 Å². The standard InChI is InChI=1S/C14H15F3N2O2/c15-14(16,17)10-5-7-11(8-6-10)18-13(21)19-9-3-1-2-4-12(19)20/h5-8H,1-4,9H2,(H,18,21). The molecule has 114 valence electrons. The van der Waals surface area contributed by atoms with Crippen LogP contribution in [0.1, 0.15) is 31.2 Å². The normalized spacial score (nSPS) is 16.5. The molecule has 1 heterocycles. The Hall–Kier alpha value is -2.05. The molecule has 0 saturated carbocycles. The Kier molecular flexibility index (Phi) is 4.50. The summed E-state index contributed by atoms with van der Waals surface area (Å²) >= 11 is 0. The van der Waals surface area contributed by atoms with Gasteiger partial charge in [-0.25, -0.2) is 4.79 Å². The molecule has 1 fully saturated rings. The van der Waals surface area contributed by atoms with Crippen molar-refractivity contribution in [2.75, 3.05) is 11.9 Å². The average molecular weight is 300 g/mol. The molecule has 2 rings (SSSR count). The van der Waals surface area contributed by atoms with Crippen molar-refractivity contribution >= 4 is 17.6 Å². The van der Waals surface area contributed by atoms with Crippen LogP contribution < -0.4 is 5.32 Å². The minimum absolute atomic E-state index is 0.227. The maximum absolute atomic E-state index is 12.4. The van der Waals surface area contributed by atoms with Gasteiger partial charge in [0.15, 0.2) is 0 Å². The highest BCUT2D eigenvalue weighted by atomic mass is 19.4. The number of amides is 3. The van der Waals surface area contributed by atoms with Crippen LogP contribution in [0.5, 0.6) is 0 Å². The van der Waals surface area contributed by atoms with E-state index >= 15 is 0 Å². The fourth-order valence-electron chi connectivity index (χ4n) is 2.13. The van der Waals surface area contributed by atoms with E-state index in [2.05, 4.69) is 5.32 Å². The van der Waals surface area contributed by atoms with Crippen molar-refractivity contribution in [2.24, 2.45) is 0 Å². The van der Waals surface area contributed by atoms with E-state index in [1.54, 1.807) is 0 Å². The summed E-state index contributed by atoms with van der Waals surface area (Å²) in [7, 11) is 0. The molecule has 0 aliphatic carbocycles. The van der Waals surface area contributed by atoms with E-state index in [-0.39, 0.29) is 11.6 Å². The molecule has 1 N–H and O–H groups in total. The third kappa shape index (κ3) is 3.96. The molecule has 0 bridgehead atoms. The SMILES string of the molecule is O=C1CCCCCN1C(=O)Nc1ccc(C(F)(F)F)cc1. The van der Waals surface area contributed by atoms with Crippen molar-refractivity contribution in [1.29, 1.82) is 0 Å². The zero-order valence-corrected chi connectivity index (χ0v) is 11.2. The zero-order chi connectivity index (χ0) is 15.5. The maximum Gasteiger partial charge on any atom is 0.416 e. The molecule has 1 aliphatic rings. The molecule has 7 heteroatoms. The number of anilines is 1. The monoisotopic (exact) mass is 300 g/mol. The van der Waals surface area contributed by atoms with Gasteiger partial charge in [-0.3, -0.25) is 9.69 Å². The lowest BCUT2D eigenvalue weighted by Gasteiger charge is -2.19. The lowest BCUT2D eigenvalue weighted by molar-refractivity contribution is -0.137. The van der Waals surface area contributed by atoms with E-state index in [4.69, 9.17) is 0 Å². The summed E-state index contributed by atoms with van der Waals surface area (Å²) in [5, 5.41) is 2.45. The molecule has 0 atom stereocenters. The van der Waals surface area contributed by atoms with E-state index in [1.807, 2.05) is 0 Å². The van der Waals surface area contributed by atoms with Crippen LogP contribution in [0, 0.1) is 0 Å². The van der Waals surface area contributed by atoms with Crippen molar-refractivity contribution in [1.82, 2.24) is 4.90 Å². The number of rotatable bonds is 1. The summed E-state index contributed by atoms with van der Waals surface area (Å²) in [6, 6.07) is 3.52. The number of hydrogen-bond donors (Lipinski definition) is 1. The Balaban J connectivity index is 2.03. The second-order valence-corrected chi connectivity index (χ2v) is 4.86. The van der Waals surface area contributed by atoms with Crippen molar-refractivity contribution < 1.29 is 22.8 Å². The molecule has 21 heavy (non-hydrogen) atoms. The van der Waals surface area contributed by atoms with Crippen molar-refractivity contribution in [3.63, 3.8) is 0 Å². The molecular formula is C14H15F3N2O2. The van der Waals surface area contributed by atoms with E-state index in [0.29, 0.717) is 13.0 Å². The summed E-state index contributed by atoms with van der Waals surface area (Å²) in [5.74, 6) is -0.253. The van der Waals surface area contributed by atoms with Gasteiger partial charge in [0.2, 0.25) is 5.91 Å². The van der Waals surface area contributed by atoms with Gasteiger partial charge in [-0.15, -0.1) is 0 Å². The number of imide groups is 1. The highest BCUT2D eigenvalue weighted by molar-refractivity contribution is 6.01. The molecular weight excluding hydrogens is 285 g/mol. The Morgan fingerprint density at radius 3 is 2.38 bits per heavy atom. The molecule has 3 amide bonds. The second-order valence-electron chi connectivity index (χ2n) is 4.86. The molecule has 1 aromatic carbocycles. The van der Waals surface area contributed by atoms with Gasteiger partial charge in [-0.2, -0.15) is 13.2 Å². The molecule has 0 radical (unpaired) electrons. The van der Waals surface area contributed by atoms with Gasteiger partial charge in [0, 0.05) is 18.7 Å². The zero-order valence-electron chi connectivity index (χ0n) is 11.2. The van der Waals surface area contributed by atoms with Crippen molar-refractivity contribution in [3.8, 4) is 0 Å². The summed E-state index contributed by atoms with van der Waals surface area (Å²) in [5.41, 5.74) is -0.559. The highest BCUT2D eigenvalue weighted by Crippen LogP contribution is 2.29. The number of hydrogen-bond acceptors (Lipinski definition) is 2. The van der Waals surface area contributed by atoms with E-state index in [9.17, 15) is 22.8 Å². The van der Waals surface area contributed by atoms with Gasteiger partial charge >= 0.3 is 12.2 Å². The van der Waals surface area contributed by atoms with Gasteiger partial charge in [0.05, 0.1) is 5.56 Å². The Labute approximate surface area is 119 Å². The second kappa shape index (κ2) is 6.15. The number of nitrogens with zero attached hydrogens (tertiary/aromatic N) is 1. The minimum Gasteiger partial charge on any atom is -0.307 e. The first-order valence-corrected chi connectivity index (χ1v) is 6.66. The van der Waals surface area contributed by atoms with E-state index < -0.39 is 17.8 Å². The number of likely N-dealkylation sites (tertiary alicyclic amines) is 1. The number of carbonyl (C=O) groups excluding carboxylic acids is 2. The molecule has 1 aliphatic heterocycles. The third-order valence-electron chi connectivity index (χ3n) is 3.28. The van der Waals surface area contributed by atoms with Crippen LogP contribution in [0.2, 0.25) is 0 Å². The summed E-state index contributed by atoms with van der Waals surface area (Å²) in [6.07, 6.45) is -1.71. The molecule has 0 spiro atoms. The molecule has 0 unspecified atom stereocenters. The van der Waals surface area contributed by atoms with Gasteiger partial charge in [0.1, 0.15) is 0 Å². The third-order valence-corrected chi connectivity index (χ3v) is 3.28. The summed E-state index contributed by atoms with van der Waals surface area (Å²) < 4.78 is 37.3. The number of alkyl halides is 3. The van der Waals surface area contributed by atoms with Crippen molar-refractivity contribution in [3.05, 3.63) is 29.8 Å². The summed E-state index contributed by atoms with van der Waals surface area (Å²) in [4.78, 5) is 24.8. The van der Waals surface area contributed by atoms with Gasteiger partial charge in [0.25, 0.3) is 0 Å². The van der Waals surface area contributed by atoms with Crippen molar-refractivity contribution in [2.45, 2.75) is 31.9 Å². The molecule has 4 nitrogen and oxygen atoms in total. The first-order chi connectivity index (χ1) is 9.88. The number of urea groups is 1. The Morgan fingerprint density at radius 2 is 1.76 bits per heavy atom. The van der Waals surface area contributed by atoms with Crippen LogP contribution in [0.25, 0.3) is 0 Å². The first-order valence-electron chi connectivity index (χ1n) is 6.66. The Bertz CT molecular complexity index is 526. The fourth-order valence-corrected chi connectivity index (χ4v) is 2.13. The minimum atomic E-state index is -4.41. The smallest absolute Gasteiger partial charge is 0.307 e. The first kappa shape index (κ1) is 15.3. The van der Waals surface area contributed by atoms with Gasteiger partial charge in [-0.05, 0) is 37.1 Å². The number of nitrogens with one attached hydrogen (secondary N) is 1. The summed E-state index contributed by atoms with van der Waals surface area (Å²) in [6.45, 7) is 0.339. The predicted molar refractivity (Wildman–Crippen MR) is 70.6 cm³/mol. The lowest BCUT2D eigenvalue weighted by Crippen LogP contribution is -2.39. The van der Waals surface area contributed by atoms with Gasteiger partial charge in [-0.1, -0.05) is 6.42 Å².